The van der Waals surface area contributed by atoms with E-state index in [-0.39, 0.29) is 0 Å². The van der Waals surface area contributed by atoms with Crippen LogP contribution in [0.3, 0.4) is 0 Å². The van der Waals surface area contributed by atoms with E-state index >= 15 is 0 Å². The molecule has 0 bridgehead atoms. The van der Waals surface area contributed by atoms with Gasteiger partial charge in [-0.1, -0.05) is 48.5 Å². The number of benzene rings is 3. The van der Waals surface area contributed by atoms with Crippen LogP contribution in [0.25, 0.3) is 5.70 Å². The highest BCUT2D eigenvalue weighted by Gasteiger charge is 2.43. The summed E-state index contributed by atoms with van der Waals surface area (Å²) in [7, 11) is 5.01. The van der Waals surface area contributed by atoms with Gasteiger partial charge in [0.15, 0.2) is 0 Å². The zero-order chi connectivity index (χ0) is 23.1. The molecule has 3 aromatic rings. The number of carbonyl (C=O) groups excluding carboxylic acids is 2. The van der Waals surface area contributed by atoms with E-state index in [0.29, 0.717) is 39.6 Å². The molecule has 1 heterocycles. The minimum absolute atomic E-state index is 0.400. The zero-order valence-corrected chi connectivity index (χ0v) is 18.5. The van der Waals surface area contributed by atoms with Gasteiger partial charge in [0.05, 0.1) is 31.5 Å². The summed E-state index contributed by atoms with van der Waals surface area (Å²) in [5.74, 6) is -0.230. The second kappa shape index (κ2) is 8.06. The molecule has 0 radical (unpaired) electrons. The molecule has 0 saturated heterocycles. The first-order valence-corrected chi connectivity index (χ1v) is 10.6. The van der Waals surface area contributed by atoms with Crippen molar-refractivity contribution < 1.29 is 19.1 Å². The normalized spacial score (nSPS) is 17.4. The van der Waals surface area contributed by atoms with E-state index in [1.807, 2.05) is 60.7 Å². The maximum absolute atomic E-state index is 13.6. The standard InChI is InChI=1S/C27H22N2O4/c1-29-25-20-12-4-5-13-21(20)26(30)27(31)23(25)22(16-8-6-10-18(14-16)32-2)24(28-29)17-9-7-11-19(15-17)33-3/h4-15,22H,1-3H3. The lowest BCUT2D eigenvalue weighted by Gasteiger charge is -2.36. The quantitative estimate of drug-likeness (QED) is 0.568. The van der Waals surface area contributed by atoms with Crippen molar-refractivity contribution in [1.29, 1.82) is 0 Å². The molecule has 6 nitrogen and oxygen atoms in total. The number of hydrogen-bond acceptors (Lipinski definition) is 6. The summed E-state index contributed by atoms with van der Waals surface area (Å²) in [6.07, 6.45) is 0. The molecule has 0 spiro atoms. The maximum atomic E-state index is 13.6. The van der Waals surface area contributed by atoms with E-state index in [2.05, 4.69) is 0 Å². The van der Waals surface area contributed by atoms with E-state index in [9.17, 15) is 9.59 Å². The highest BCUT2D eigenvalue weighted by atomic mass is 16.5. The molecule has 0 N–H and O–H groups in total. The van der Waals surface area contributed by atoms with Gasteiger partial charge in [0.1, 0.15) is 11.5 Å². The predicted molar refractivity (Wildman–Crippen MR) is 126 cm³/mol. The number of allylic oxidation sites excluding steroid dienone is 1. The molecular formula is C27H22N2O4. The van der Waals surface area contributed by atoms with E-state index in [1.165, 1.54) is 0 Å². The lowest BCUT2D eigenvalue weighted by Crippen LogP contribution is -2.37. The fourth-order valence-electron chi connectivity index (χ4n) is 4.56. The van der Waals surface area contributed by atoms with Crippen LogP contribution in [0.1, 0.15) is 33.0 Å². The SMILES string of the molecule is COc1cccc(C2=NN(C)C3=C(C(=O)C(=O)c4ccccc43)C2c2cccc(OC)c2)c1. The lowest BCUT2D eigenvalue weighted by atomic mass is 9.74. The molecule has 1 aliphatic heterocycles. The third-order valence-electron chi connectivity index (χ3n) is 6.07. The van der Waals surface area contributed by atoms with Gasteiger partial charge in [-0.3, -0.25) is 14.6 Å². The molecule has 0 saturated carbocycles. The first-order chi connectivity index (χ1) is 16.0. The zero-order valence-electron chi connectivity index (χ0n) is 18.5. The lowest BCUT2D eigenvalue weighted by molar-refractivity contribution is -0.112. The first kappa shape index (κ1) is 20.7. The van der Waals surface area contributed by atoms with Crippen LogP contribution in [-0.2, 0) is 4.79 Å². The minimum Gasteiger partial charge on any atom is -0.497 e. The number of carbonyl (C=O) groups is 2. The van der Waals surface area contributed by atoms with Crippen LogP contribution in [-0.4, -0.2) is 43.6 Å². The molecule has 5 rings (SSSR count). The Bertz CT molecular complexity index is 1360. The predicted octanol–water partition coefficient (Wildman–Crippen LogP) is 4.31. The molecular weight excluding hydrogens is 416 g/mol. The van der Waals surface area contributed by atoms with Gasteiger partial charge in [0.2, 0.25) is 11.6 Å². The monoisotopic (exact) mass is 438 g/mol. The van der Waals surface area contributed by atoms with Crippen molar-refractivity contribution in [1.82, 2.24) is 5.01 Å². The van der Waals surface area contributed by atoms with Crippen molar-refractivity contribution in [2.45, 2.75) is 5.92 Å². The second-order valence-corrected chi connectivity index (χ2v) is 7.92. The van der Waals surface area contributed by atoms with Crippen LogP contribution in [0.4, 0.5) is 0 Å². The molecule has 0 amide bonds. The number of hydrazone groups is 1. The molecule has 2 aliphatic rings. The van der Waals surface area contributed by atoms with Gasteiger partial charge in [-0.05, 0) is 29.8 Å². The third kappa shape index (κ3) is 3.31. The van der Waals surface area contributed by atoms with Crippen molar-refractivity contribution in [2.24, 2.45) is 5.10 Å². The Hall–Kier alpha value is -4.19. The fourth-order valence-corrected chi connectivity index (χ4v) is 4.56. The minimum atomic E-state index is -0.553. The molecule has 33 heavy (non-hydrogen) atoms. The molecule has 0 aromatic heterocycles. The van der Waals surface area contributed by atoms with Crippen LogP contribution < -0.4 is 9.47 Å². The molecule has 0 fully saturated rings. The van der Waals surface area contributed by atoms with Gasteiger partial charge in [-0.2, -0.15) is 5.10 Å². The van der Waals surface area contributed by atoms with E-state index < -0.39 is 17.5 Å². The molecule has 1 atom stereocenters. The van der Waals surface area contributed by atoms with Gasteiger partial charge >= 0.3 is 0 Å². The fraction of sp³-hybridized carbons (Fsp3) is 0.148. The van der Waals surface area contributed by atoms with Gasteiger partial charge in [-0.25, -0.2) is 0 Å². The van der Waals surface area contributed by atoms with Gasteiger partial charge in [0, 0.05) is 29.3 Å². The summed E-state index contributed by atoms with van der Waals surface area (Å²) >= 11 is 0. The smallest absolute Gasteiger partial charge is 0.233 e. The van der Waals surface area contributed by atoms with Gasteiger partial charge < -0.3 is 9.47 Å². The Balaban J connectivity index is 1.80. The highest BCUT2D eigenvalue weighted by Crippen LogP contribution is 2.44. The number of rotatable bonds is 4. The Morgan fingerprint density at radius 1 is 0.788 bits per heavy atom. The van der Waals surface area contributed by atoms with Crippen LogP contribution in [0.15, 0.2) is 83.5 Å². The molecule has 1 aliphatic carbocycles. The van der Waals surface area contributed by atoms with Crippen molar-refractivity contribution in [2.75, 3.05) is 21.3 Å². The van der Waals surface area contributed by atoms with Gasteiger partial charge in [-0.15, -0.1) is 0 Å². The topological polar surface area (TPSA) is 68.2 Å². The van der Waals surface area contributed by atoms with Crippen molar-refractivity contribution in [3.05, 3.63) is 101 Å². The number of ether oxygens (including phenoxy) is 2. The highest BCUT2D eigenvalue weighted by molar-refractivity contribution is 6.53. The third-order valence-corrected chi connectivity index (χ3v) is 6.07. The molecule has 164 valence electrons. The summed E-state index contributed by atoms with van der Waals surface area (Å²) in [6, 6.07) is 22.3. The average molecular weight is 438 g/mol. The first-order valence-electron chi connectivity index (χ1n) is 10.6. The van der Waals surface area contributed by atoms with Crippen LogP contribution in [0.5, 0.6) is 11.5 Å². The number of ketones is 2. The van der Waals surface area contributed by atoms with E-state index in [1.54, 1.807) is 38.4 Å². The number of hydrogen-bond donors (Lipinski definition) is 0. The largest absolute Gasteiger partial charge is 0.497 e. The van der Waals surface area contributed by atoms with Crippen LogP contribution in [0.2, 0.25) is 0 Å². The van der Waals surface area contributed by atoms with Crippen LogP contribution in [0, 0.1) is 0 Å². The van der Waals surface area contributed by atoms with Crippen molar-refractivity contribution in [3.63, 3.8) is 0 Å². The Kier molecular flexibility index (Phi) is 5.05. The van der Waals surface area contributed by atoms with Crippen molar-refractivity contribution >= 4 is 23.0 Å². The Morgan fingerprint density at radius 2 is 1.45 bits per heavy atom. The Labute approximate surface area is 191 Å². The summed E-state index contributed by atoms with van der Waals surface area (Å²) in [5.41, 5.74) is 4.45. The molecule has 1 unspecified atom stereocenters. The number of Topliss-reactive ketones (excluding diaryl/α,β-unsaturated/α-hetero) is 2. The van der Waals surface area contributed by atoms with Crippen molar-refractivity contribution in [3.8, 4) is 11.5 Å². The van der Waals surface area contributed by atoms with E-state index in [4.69, 9.17) is 14.6 Å². The summed E-state index contributed by atoms with van der Waals surface area (Å²) in [5, 5.41) is 6.61. The Morgan fingerprint density at radius 3 is 2.18 bits per heavy atom. The summed E-state index contributed by atoms with van der Waals surface area (Å²) < 4.78 is 10.9. The molecule has 3 aromatic carbocycles. The van der Waals surface area contributed by atoms with E-state index in [0.717, 1.165) is 11.1 Å². The second-order valence-electron chi connectivity index (χ2n) is 7.92. The van der Waals surface area contributed by atoms with Gasteiger partial charge in [0.25, 0.3) is 0 Å². The number of fused-ring (bicyclic) bond motifs is 2. The summed E-state index contributed by atoms with van der Waals surface area (Å²) in [4.78, 5) is 26.7. The molecule has 6 heteroatoms. The number of nitrogens with zero attached hydrogens (tertiary/aromatic N) is 2. The maximum Gasteiger partial charge on any atom is 0.233 e. The number of methoxy groups -OCH3 is 2. The van der Waals surface area contributed by atoms with Crippen LogP contribution >= 0.6 is 0 Å². The average Bonchev–Trinajstić information content (AvgIpc) is 2.86. The summed E-state index contributed by atoms with van der Waals surface area (Å²) in [6.45, 7) is 0.